The SMILES string of the molecule is Cc1nc(C2Cc3ccccc3C2)nc(Cl)c1F. The normalized spacial score (nSPS) is 14.8. The predicted molar refractivity (Wildman–Crippen MR) is 68.3 cm³/mol. The number of fused-ring (bicyclic) bond motifs is 1. The first-order valence-corrected chi connectivity index (χ1v) is 6.29. The van der Waals surface area contributed by atoms with Gasteiger partial charge in [0.1, 0.15) is 5.82 Å². The molecule has 0 bridgehead atoms. The van der Waals surface area contributed by atoms with E-state index in [1.165, 1.54) is 11.1 Å². The third kappa shape index (κ3) is 1.89. The molecular formula is C14H12ClFN2. The van der Waals surface area contributed by atoms with Crippen LogP contribution in [0.4, 0.5) is 4.39 Å². The molecule has 2 nitrogen and oxygen atoms in total. The maximum atomic E-state index is 13.4. The number of aromatic nitrogens is 2. The summed E-state index contributed by atoms with van der Waals surface area (Å²) >= 11 is 5.78. The van der Waals surface area contributed by atoms with Crippen LogP contribution in [0.15, 0.2) is 24.3 Å². The summed E-state index contributed by atoms with van der Waals surface area (Å²) in [5.41, 5.74) is 2.97. The van der Waals surface area contributed by atoms with Crippen molar-refractivity contribution in [2.75, 3.05) is 0 Å². The van der Waals surface area contributed by atoms with E-state index in [0.29, 0.717) is 11.5 Å². The zero-order chi connectivity index (χ0) is 12.7. The van der Waals surface area contributed by atoms with Crippen molar-refractivity contribution in [2.45, 2.75) is 25.7 Å². The zero-order valence-electron chi connectivity index (χ0n) is 9.95. The van der Waals surface area contributed by atoms with Crippen LogP contribution in [0.1, 0.15) is 28.6 Å². The van der Waals surface area contributed by atoms with E-state index < -0.39 is 5.82 Å². The summed E-state index contributed by atoms with van der Waals surface area (Å²) in [5, 5.41) is -0.0755. The minimum absolute atomic E-state index is 0.0755. The Balaban J connectivity index is 1.95. The second kappa shape index (κ2) is 4.32. The Bertz CT molecular complexity index is 564. The molecule has 0 radical (unpaired) electrons. The minimum Gasteiger partial charge on any atom is -0.235 e. The topological polar surface area (TPSA) is 25.8 Å². The van der Waals surface area contributed by atoms with E-state index in [1.54, 1.807) is 6.92 Å². The summed E-state index contributed by atoms with van der Waals surface area (Å²) in [7, 11) is 0. The van der Waals surface area contributed by atoms with Crippen molar-refractivity contribution in [3.05, 3.63) is 57.9 Å². The van der Waals surface area contributed by atoms with Crippen LogP contribution in [0.25, 0.3) is 0 Å². The molecule has 1 aromatic heterocycles. The molecule has 0 N–H and O–H groups in total. The molecule has 2 aromatic rings. The Morgan fingerprint density at radius 3 is 2.33 bits per heavy atom. The molecule has 0 spiro atoms. The first-order chi connectivity index (χ1) is 8.65. The maximum absolute atomic E-state index is 13.4. The number of rotatable bonds is 1. The van der Waals surface area contributed by atoms with Gasteiger partial charge in [-0.1, -0.05) is 35.9 Å². The molecule has 4 heteroatoms. The lowest BCUT2D eigenvalue weighted by atomic mass is 10.1. The number of hydrogen-bond acceptors (Lipinski definition) is 2. The van der Waals surface area contributed by atoms with Gasteiger partial charge in [-0.25, -0.2) is 14.4 Å². The highest BCUT2D eigenvalue weighted by Crippen LogP contribution is 2.33. The van der Waals surface area contributed by atoms with Crippen LogP contribution in [-0.2, 0) is 12.8 Å². The molecule has 0 amide bonds. The molecule has 0 fully saturated rings. The molecule has 1 aromatic carbocycles. The van der Waals surface area contributed by atoms with Crippen molar-refractivity contribution < 1.29 is 4.39 Å². The van der Waals surface area contributed by atoms with Crippen molar-refractivity contribution in [1.82, 2.24) is 9.97 Å². The molecule has 3 rings (SSSR count). The van der Waals surface area contributed by atoms with E-state index in [4.69, 9.17) is 11.6 Å². The first kappa shape index (κ1) is 11.6. The molecule has 0 aliphatic heterocycles. The van der Waals surface area contributed by atoms with Crippen molar-refractivity contribution >= 4 is 11.6 Å². The highest BCUT2D eigenvalue weighted by atomic mass is 35.5. The van der Waals surface area contributed by atoms with Crippen molar-refractivity contribution in [2.24, 2.45) is 0 Å². The van der Waals surface area contributed by atoms with Crippen LogP contribution in [0.2, 0.25) is 5.15 Å². The van der Waals surface area contributed by atoms with Crippen LogP contribution in [0.3, 0.4) is 0 Å². The molecular weight excluding hydrogens is 251 g/mol. The van der Waals surface area contributed by atoms with Crippen LogP contribution in [-0.4, -0.2) is 9.97 Å². The predicted octanol–water partition coefficient (Wildman–Crippen LogP) is 3.46. The van der Waals surface area contributed by atoms with Gasteiger partial charge in [0.15, 0.2) is 11.0 Å². The van der Waals surface area contributed by atoms with Gasteiger partial charge < -0.3 is 0 Å². The highest BCUT2D eigenvalue weighted by molar-refractivity contribution is 6.29. The van der Waals surface area contributed by atoms with Gasteiger partial charge in [0.25, 0.3) is 0 Å². The summed E-state index contributed by atoms with van der Waals surface area (Å²) in [4.78, 5) is 8.31. The van der Waals surface area contributed by atoms with E-state index in [1.807, 2.05) is 12.1 Å². The summed E-state index contributed by atoms with van der Waals surface area (Å²) in [6.45, 7) is 1.62. The van der Waals surface area contributed by atoms with E-state index in [0.717, 1.165) is 12.8 Å². The quantitative estimate of drug-likeness (QED) is 0.736. The molecule has 0 saturated heterocycles. The standard InChI is InChI=1S/C14H12ClFN2/c1-8-12(16)13(15)18-14(17-8)11-6-9-4-2-3-5-10(9)7-11/h2-5,11H,6-7H2,1H3. The van der Waals surface area contributed by atoms with Gasteiger partial charge in [0.2, 0.25) is 0 Å². The Morgan fingerprint density at radius 2 is 1.78 bits per heavy atom. The number of hydrogen-bond donors (Lipinski definition) is 0. The smallest absolute Gasteiger partial charge is 0.181 e. The van der Waals surface area contributed by atoms with Gasteiger partial charge in [-0.2, -0.15) is 0 Å². The van der Waals surface area contributed by atoms with Gasteiger partial charge in [0.05, 0.1) is 5.69 Å². The number of aryl methyl sites for hydroxylation is 1. The molecule has 18 heavy (non-hydrogen) atoms. The van der Waals surface area contributed by atoms with Gasteiger partial charge in [-0.3, -0.25) is 0 Å². The zero-order valence-corrected chi connectivity index (χ0v) is 10.7. The molecule has 92 valence electrons. The van der Waals surface area contributed by atoms with Crippen LogP contribution >= 0.6 is 11.6 Å². The van der Waals surface area contributed by atoms with Crippen molar-refractivity contribution in [1.29, 1.82) is 0 Å². The largest absolute Gasteiger partial charge is 0.235 e. The fourth-order valence-electron chi connectivity index (χ4n) is 2.47. The van der Waals surface area contributed by atoms with E-state index in [-0.39, 0.29) is 11.1 Å². The lowest BCUT2D eigenvalue weighted by molar-refractivity contribution is 0.584. The lowest BCUT2D eigenvalue weighted by Gasteiger charge is -2.09. The third-order valence-corrected chi connectivity index (χ3v) is 3.66. The minimum atomic E-state index is -0.518. The Kier molecular flexibility index (Phi) is 2.78. The van der Waals surface area contributed by atoms with Crippen molar-refractivity contribution in [3.63, 3.8) is 0 Å². The maximum Gasteiger partial charge on any atom is 0.181 e. The van der Waals surface area contributed by atoms with Gasteiger partial charge in [0, 0.05) is 5.92 Å². The van der Waals surface area contributed by atoms with Crippen LogP contribution < -0.4 is 0 Å². The third-order valence-electron chi connectivity index (χ3n) is 3.41. The van der Waals surface area contributed by atoms with E-state index in [2.05, 4.69) is 22.1 Å². The van der Waals surface area contributed by atoms with E-state index in [9.17, 15) is 4.39 Å². The average Bonchev–Trinajstić information content (AvgIpc) is 2.79. The molecule has 0 saturated carbocycles. The fraction of sp³-hybridized carbons (Fsp3) is 0.286. The van der Waals surface area contributed by atoms with E-state index >= 15 is 0 Å². The van der Waals surface area contributed by atoms with Crippen LogP contribution in [0, 0.1) is 12.7 Å². The van der Waals surface area contributed by atoms with Gasteiger partial charge in [-0.05, 0) is 30.9 Å². The number of benzene rings is 1. The molecule has 0 unspecified atom stereocenters. The number of nitrogens with zero attached hydrogens (tertiary/aromatic N) is 2. The molecule has 1 heterocycles. The van der Waals surface area contributed by atoms with Crippen LogP contribution in [0.5, 0.6) is 0 Å². The summed E-state index contributed by atoms with van der Waals surface area (Å²) in [5.74, 6) is 0.338. The summed E-state index contributed by atoms with van der Waals surface area (Å²) in [6.07, 6.45) is 1.80. The van der Waals surface area contributed by atoms with Gasteiger partial charge >= 0.3 is 0 Å². The lowest BCUT2D eigenvalue weighted by Crippen LogP contribution is -2.07. The number of halogens is 2. The second-order valence-corrected chi connectivity index (χ2v) is 5.00. The van der Waals surface area contributed by atoms with Gasteiger partial charge in [-0.15, -0.1) is 0 Å². The fourth-order valence-corrected chi connectivity index (χ4v) is 2.69. The Morgan fingerprint density at radius 1 is 1.17 bits per heavy atom. The summed E-state index contributed by atoms with van der Waals surface area (Å²) in [6, 6.07) is 8.30. The highest BCUT2D eigenvalue weighted by Gasteiger charge is 2.25. The second-order valence-electron chi connectivity index (χ2n) is 4.65. The average molecular weight is 263 g/mol. The Labute approximate surface area is 110 Å². The summed E-state index contributed by atoms with van der Waals surface area (Å²) < 4.78 is 13.4. The van der Waals surface area contributed by atoms with Crippen molar-refractivity contribution in [3.8, 4) is 0 Å². The molecule has 0 atom stereocenters. The molecule has 1 aliphatic rings. The Hall–Kier alpha value is -1.48. The molecule has 1 aliphatic carbocycles. The monoisotopic (exact) mass is 262 g/mol. The first-order valence-electron chi connectivity index (χ1n) is 5.91.